The van der Waals surface area contributed by atoms with Crippen molar-refractivity contribution in [1.29, 1.82) is 0 Å². The fourth-order valence-electron chi connectivity index (χ4n) is 4.02. The summed E-state index contributed by atoms with van der Waals surface area (Å²) in [6, 6.07) is 22.3. The predicted octanol–water partition coefficient (Wildman–Crippen LogP) is 5.07. The summed E-state index contributed by atoms with van der Waals surface area (Å²) in [7, 11) is 1.68. The molecule has 0 bridgehead atoms. The molecule has 1 heterocycles. The first kappa shape index (κ1) is 21.6. The van der Waals surface area contributed by atoms with E-state index in [9.17, 15) is 4.79 Å². The van der Waals surface area contributed by atoms with Gasteiger partial charge in [-0.05, 0) is 61.7 Å². The van der Waals surface area contributed by atoms with Crippen LogP contribution in [0.5, 0.6) is 5.75 Å². The van der Waals surface area contributed by atoms with Crippen molar-refractivity contribution >= 4 is 16.9 Å². The first-order chi connectivity index (χ1) is 15.5. The van der Waals surface area contributed by atoms with Gasteiger partial charge in [0.25, 0.3) is 5.91 Å². The topological polar surface area (TPSA) is 56.1 Å². The number of amides is 1. The first-order valence-corrected chi connectivity index (χ1v) is 11.0. The molecule has 0 fully saturated rings. The summed E-state index contributed by atoms with van der Waals surface area (Å²) >= 11 is 0. The van der Waals surface area contributed by atoms with Gasteiger partial charge in [-0.15, -0.1) is 0 Å². The Morgan fingerprint density at radius 2 is 1.81 bits per heavy atom. The number of carbonyl (C=O) groups excluding carboxylic acids is 1. The van der Waals surface area contributed by atoms with Crippen LogP contribution in [0.1, 0.15) is 39.3 Å². The minimum atomic E-state index is -0.0192. The second-order valence-corrected chi connectivity index (χ2v) is 8.13. The zero-order chi connectivity index (χ0) is 22.5. The largest absolute Gasteiger partial charge is 0.497 e. The van der Waals surface area contributed by atoms with Crippen LogP contribution < -0.4 is 10.1 Å². The third kappa shape index (κ3) is 4.83. The molecule has 5 heteroatoms. The number of imidazole rings is 1. The van der Waals surface area contributed by atoms with Gasteiger partial charge in [0.1, 0.15) is 11.6 Å². The summed E-state index contributed by atoms with van der Waals surface area (Å²) in [4.78, 5) is 17.4. The molecule has 0 atom stereocenters. The predicted molar refractivity (Wildman–Crippen MR) is 128 cm³/mol. The number of para-hydroxylation sites is 2. The Labute approximate surface area is 189 Å². The second kappa shape index (κ2) is 9.69. The second-order valence-electron chi connectivity index (χ2n) is 8.13. The maximum atomic E-state index is 12.5. The van der Waals surface area contributed by atoms with E-state index in [-0.39, 0.29) is 5.91 Å². The van der Waals surface area contributed by atoms with Crippen LogP contribution in [-0.4, -0.2) is 29.1 Å². The van der Waals surface area contributed by atoms with Crippen LogP contribution in [0, 0.1) is 13.8 Å². The van der Waals surface area contributed by atoms with E-state index in [1.54, 1.807) is 7.11 Å². The molecule has 32 heavy (non-hydrogen) atoms. The Bertz CT molecular complexity index is 1230. The van der Waals surface area contributed by atoms with E-state index < -0.39 is 0 Å². The van der Waals surface area contributed by atoms with Gasteiger partial charge in [0.05, 0.1) is 18.1 Å². The van der Waals surface area contributed by atoms with Gasteiger partial charge in [-0.3, -0.25) is 4.79 Å². The van der Waals surface area contributed by atoms with Gasteiger partial charge in [-0.2, -0.15) is 0 Å². The zero-order valence-electron chi connectivity index (χ0n) is 18.9. The number of methoxy groups -OCH3 is 1. The van der Waals surface area contributed by atoms with Crippen LogP contribution in [0.15, 0.2) is 66.7 Å². The molecule has 0 aliphatic rings. The molecule has 1 aromatic heterocycles. The van der Waals surface area contributed by atoms with E-state index in [0.717, 1.165) is 58.7 Å². The molecule has 3 aromatic carbocycles. The lowest BCUT2D eigenvalue weighted by atomic mass is 10.1. The summed E-state index contributed by atoms with van der Waals surface area (Å²) in [6.45, 7) is 5.36. The SMILES string of the molecule is COc1ccc(Cn2c(CCCNC(=O)c3ccc(C)cc3C)nc3ccccc32)cc1. The number of fused-ring (bicyclic) bond motifs is 1. The minimum absolute atomic E-state index is 0.0192. The number of ether oxygens (including phenoxy) is 1. The summed E-state index contributed by atoms with van der Waals surface area (Å²) in [5.41, 5.74) is 6.22. The first-order valence-electron chi connectivity index (χ1n) is 11.0. The number of benzene rings is 3. The smallest absolute Gasteiger partial charge is 0.251 e. The minimum Gasteiger partial charge on any atom is -0.497 e. The quantitative estimate of drug-likeness (QED) is 0.399. The van der Waals surface area contributed by atoms with Gasteiger partial charge in [0, 0.05) is 25.1 Å². The summed E-state index contributed by atoms with van der Waals surface area (Å²) in [5.74, 6) is 1.86. The van der Waals surface area contributed by atoms with Crippen molar-refractivity contribution in [3.63, 3.8) is 0 Å². The van der Waals surface area contributed by atoms with E-state index in [1.165, 1.54) is 5.56 Å². The number of aryl methyl sites for hydroxylation is 3. The Hall–Kier alpha value is -3.60. The normalized spacial score (nSPS) is 11.0. The van der Waals surface area contributed by atoms with E-state index >= 15 is 0 Å². The molecule has 4 rings (SSSR count). The Balaban J connectivity index is 1.44. The number of carbonyl (C=O) groups is 1. The molecule has 1 amide bonds. The highest BCUT2D eigenvalue weighted by molar-refractivity contribution is 5.95. The highest BCUT2D eigenvalue weighted by Crippen LogP contribution is 2.20. The van der Waals surface area contributed by atoms with Crippen molar-refractivity contribution in [3.05, 3.63) is 94.8 Å². The van der Waals surface area contributed by atoms with Gasteiger partial charge in [-0.1, -0.05) is 42.0 Å². The maximum Gasteiger partial charge on any atom is 0.251 e. The van der Waals surface area contributed by atoms with Crippen molar-refractivity contribution in [2.45, 2.75) is 33.2 Å². The third-order valence-electron chi connectivity index (χ3n) is 5.72. The van der Waals surface area contributed by atoms with Crippen molar-refractivity contribution in [2.75, 3.05) is 13.7 Å². The van der Waals surface area contributed by atoms with Crippen molar-refractivity contribution in [3.8, 4) is 5.75 Å². The molecule has 0 aliphatic carbocycles. The molecule has 0 saturated carbocycles. The molecule has 0 aliphatic heterocycles. The number of nitrogens with one attached hydrogen (secondary N) is 1. The van der Waals surface area contributed by atoms with Gasteiger partial charge in [0.15, 0.2) is 0 Å². The molecule has 0 unspecified atom stereocenters. The monoisotopic (exact) mass is 427 g/mol. The van der Waals surface area contributed by atoms with Crippen LogP contribution in [0.2, 0.25) is 0 Å². The molecular weight excluding hydrogens is 398 g/mol. The highest BCUT2D eigenvalue weighted by atomic mass is 16.5. The van der Waals surface area contributed by atoms with Gasteiger partial charge in [-0.25, -0.2) is 4.98 Å². The van der Waals surface area contributed by atoms with Gasteiger partial charge < -0.3 is 14.6 Å². The van der Waals surface area contributed by atoms with Crippen molar-refractivity contribution in [2.24, 2.45) is 0 Å². The number of rotatable bonds is 8. The van der Waals surface area contributed by atoms with E-state index in [4.69, 9.17) is 9.72 Å². The lowest BCUT2D eigenvalue weighted by Crippen LogP contribution is -2.25. The molecule has 0 spiro atoms. The van der Waals surface area contributed by atoms with E-state index in [0.29, 0.717) is 6.54 Å². The van der Waals surface area contributed by atoms with Crippen molar-refractivity contribution in [1.82, 2.24) is 14.9 Å². The zero-order valence-corrected chi connectivity index (χ0v) is 18.9. The lowest BCUT2D eigenvalue weighted by molar-refractivity contribution is 0.0952. The summed E-state index contributed by atoms with van der Waals surface area (Å²) in [6.07, 6.45) is 1.61. The number of aromatic nitrogens is 2. The fraction of sp³-hybridized carbons (Fsp3) is 0.259. The van der Waals surface area contributed by atoms with E-state index in [2.05, 4.69) is 28.1 Å². The Morgan fingerprint density at radius 1 is 1.03 bits per heavy atom. The number of hydrogen-bond donors (Lipinski definition) is 1. The van der Waals surface area contributed by atoms with Crippen LogP contribution >= 0.6 is 0 Å². The number of hydrogen-bond acceptors (Lipinski definition) is 3. The van der Waals surface area contributed by atoms with Gasteiger partial charge >= 0.3 is 0 Å². The molecule has 164 valence electrons. The number of nitrogens with zero attached hydrogens (tertiary/aromatic N) is 2. The Morgan fingerprint density at radius 3 is 2.56 bits per heavy atom. The maximum absolute atomic E-state index is 12.5. The summed E-state index contributed by atoms with van der Waals surface area (Å²) in [5, 5.41) is 3.06. The van der Waals surface area contributed by atoms with Crippen LogP contribution in [-0.2, 0) is 13.0 Å². The van der Waals surface area contributed by atoms with Crippen LogP contribution in [0.25, 0.3) is 11.0 Å². The molecule has 0 radical (unpaired) electrons. The standard InChI is InChI=1S/C27H29N3O2/c1-19-10-15-23(20(2)17-19)27(31)28-16-6-9-26-29-24-7-4-5-8-25(24)30(26)18-21-11-13-22(32-3)14-12-21/h4-5,7-8,10-15,17H,6,9,16,18H2,1-3H3,(H,28,31). The van der Waals surface area contributed by atoms with Gasteiger partial charge in [0.2, 0.25) is 0 Å². The molecule has 1 N–H and O–H groups in total. The van der Waals surface area contributed by atoms with Crippen molar-refractivity contribution < 1.29 is 9.53 Å². The molecular formula is C27H29N3O2. The Kier molecular flexibility index (Phi) is 6.55. The average molecular weight is 428 g/mol. The average Bonchev–Trinajstić information content (AvgIpc) is 3.14. The molecule has 5 nitrogen and oxygen atoms in total. The van der Waals surface area contributed by atoms with Crippen LogP contribution in [0.4, 0.5) is 0 Å². The van der Waals surface area contributed by atoms with E-state index in [1.807, 2.05) is 62.4 Å². The lowest BCUT2D eigenvalue weighted by Gasteiger charge is -2.11. The highest BCUT2D eigenvalue weighted by Gasteiger charge is 2.12. The molecule has 0 saturated heterocycles. The van der Waals surface area contributed by atoms with Crippen LogP contribution in [0.3, 0.4) is 0 Å². The molecule has 4 aromatic rings. The third-order valence-corrected chi connectivity index (χ3v) is 5.72. The fourth-order valence-corrected chi connectivity index (χ4v) is 4.02. The summed E-state index contributed by atoms with van der Waals surface area (Å²) < 4.78 is 7.54.